The number of aromatic nitrogens is 2. The van der Waals surface area contributed by atoms with Crippen molar-refractivity contribution < 1.29 is 27.8 Å². The third-order valence-electron chi connectivity index (χ3n) is 14.0. The number of aryl methyl sites for hydroxylation is 4. The summed E-state index contributed by atoms with van der Waals surface area (Å²) in [4.78, 5) is 4.30. The molecule has 8 nitrogen and oxygen atoms in total. The van der Waals surface area contributed by atoms with Gasteiger partial charge in [0.15, 0.2) is 48.7 Å². The molecule has 0 unspecified atom stereocenters. The maximum atomic E-state index is 7.76. The van der Waals surface area contributed by atoms with Crippen molar-refractivity contribution in [3.05, 3.63) is 130 Å². The summed E-state index contributed by atoms with van der Waals surface area (Å²) in [5, 5.41) is 0. The fraction of sp³-hybridized carbons (Fsp3) is 0.492. The number of ether oxygens (including phenoxy) is 2. The van der Waals surface area contributed by atoms with Gasteiger partial charge in [0.05, 0.1) is 11.1 Å². The second kappa shape index (κ2) is 17.5. The second-order valence-corrected chi connectivity index (χ2v) is 24.0. The summed E-state index contributed by atoms with van der Waals surface area (Å²) >= 11 is 0. The molecule has 354 valence electrons. The maximum absolute atomic E-state index is 7.76. The molecule has 2 aromatic heterocycles. The number of anilines is 2. The summed E-state index contributed by atoms with van der Waals surface area (Å²) < 4.78 is 24.9. The van der Waals surface area contributed by atoms with Crippen molar-refractivity contribution in [1.82, 2.24) is 0 Å². The van der Waals surface area contributed by atoms with Gasteiger partial charge < -0.3 is 19.3 Å². The van der Waals surface area contributed by atoms with Crippen LogP contribution in [0.2, 0.25) is 0 Å². The first-order valence-electron chi connectivity index (χ1n) is 24.9. The molecule has 0 aliphatic carbocycles. The lowest BCUT2D eigenvalue weighted by molar-refractivity contribution is -0.832. The molecule has 0 amide bonds. The minimum Gasteiger partial charge on any atom is -0.377 e. The second-order valence-electron chi connectivity index (χ2n) is 24.0. The zero-order valence-corrected chi connectivity index (χ0v) is 43.9. The highest BCUT2D eigenvalue weighted by Crippen LogP contribution is 2.55. The zero-order valence-electron chi connectivity index (χ0n) is 43.9. The Morgan fingerprint density at radius 2 is 0.821 bits per heavy atom. The van der Waals surface area contributed by atoms with E-state index < -0.39 is 6.03 Å². The van der Waals surface area contributed by atoms with Crippen molar-refractivity contribution in [2.24, 2.45) is 0 Å². The minimum absolute atomic E-state index is 0.0524. The van der Waals surface area contributed by atoms with Crippen molar-refractivity contribution >= 4 is 35.2 Å². The molecular formula is C59H80N6O2+4. The Hall–Kier alpha value is -5.50. The van der Waals surface area contributed by atoms with Gasteiger partial charge in [-0.3, -0.25) is 0 Å². The third-order valence-corrected chi connectivity index (χ3v) is 14.0. The van der Waals surface area contributed by atoms with E-state index in [4.69, 9.17) is 9.47 Å². The molecule has 8 heteroatoms. The normalized spacial score (nSPS) is 15.0. The number of hydrogen-bond acceptors (Lipinski definition) is 4. The van der Waals surface area contributed by atoms with E-state index in [1.54, 1.807) is 0 Å². The Labute approximate surface area is 403 Å². The summed E-state index contributed by atoms with van der Waals surface area (Å²) in [6.45, 7) is 29.6. The van der Waals surface area contributed by atoms with E-state index >= 15 is 0 Å². The number of pyridine rings is 2. The number of unbranched alkanes of at least 4 members (excludes halogenated alkanes) is 2. The molecule has 0 bridgehead atoms. The number of hydrogen-bond donors (Lipinski definition) is 0. The Bertz CT molecular complexity index is 2530. The largest absolute Gasteiger partial charge is 0.715 e. The van der Waals surface area contributed by atoms with Gasteiger partial charge >= 0.3 is 6.03 Å². The Morgan fingerprint density at radius 3 is 1.13 bits per heavy atom. The smallest absolute Gasteiger partial charge is 0.377 e. The highest BCUT2D eigenvalue weighted by atomic mass is 16.7. The highest BCUT2D eigenvalue weighted by molar-refractivity contribution is 5.88. The Morgan fingerprint density at radius 1 is 0.463 bits per heavy atom. The van der Waals surface area contributed by atoms with Gasteiger partial charge in [-0.15, -0.1) is 0 Å². The molecule has 3 aromatic carbocycles. The lowest BCUT2D eigenvalue weighted by Crippen LogP contribution is -2.59. The van der Waals surface area contributed by atoms with Crippen LogP contribution in [0.15, 0.2) is 85.5 Å². The quantitative estimate of drug-likeness (QED) is 0.0924. The zero-order chi connectivity index (χ0) is 48.4. The molecule has 0 radical (unpaired) electrons. The van der Waals surface area contributed by atoms with Gasteiger partial charge in [-0.25, -0.2) is 9.13 Å². The molecule has 8 rings (SSSR count). The fourth-order valence-corrected chi connectivity index (χ4v) is 9.77. The van der Waals surface area contributed by atoms with Crippen molar-refractivity contribution in [3.8, 4) is 11.5 Å². The molecule has 5 heterocycles. The molecule has 0 saturated carbocycles. The van der Waals surface area contributed by atoms with Crippen LogP contribution in [-0.2, 0) is 47.6 Å². The minimum atomic E-state index is -1.31. The van der Waals surface area contributed by atoms with Gasteiger partial charge in [-0.05, 0) is 79.8 Å². The van der Waals surface area contributed by atoms with Gasteiger partial charge in [0.2, 0.25) is 0 Å². The highest BCUT2D eigenvalue weighted by Gasteiger charge is 2.74. The molecule has 0 atom stereocenters. The topological polar surface area (TPSA) is 38.7 Å². The summed E-state index contributed by atoms with van der Waals surface area (Å²) in [6, 6.07) is 21.8. The fourth-order valence-electron chi connectivity index (χ4n) is 9.77. The molecule has 0 fully saturated rings. The van der Waals surface area contributed by atoms with E-state index in [1.807, 2.05) is 0 Å². The molecule has 0 saturated heterocycles. The average Bonchev–Trinajstić information content (AvgIpc) is 3.53. The summed E-state index contributed by atoms with van der Waals surface area (Å²) in [5.41, 5.74) is 14.1. The molecule has 3 aliphatic heterocycles. The number of fused-ring (bicyclic) bond motifs is 5. The Balaban J connectivity index is 1.29. The summed E-state index contributed by atoms with van der Waals surface area (Å²) in [5.74, 6) is 1.79. The van der Waals surface area contributed by atoms with Crippen LogP contribution in [0, 0.1) is 0 Å². The number of benzene rings is 3. The summed E-state index contributed by atoms with van der Waals surface area (Å²) in [7, 11) is 8.37. The first-order valence-corrected chi connectivity index (χ1v) is 24.9. The molecule has 0 N–H and O–H groups in total. The molecule has 3 aliphatic rings. The van der Waals surface area contributed by atoms with E-state index in [9.17, 15) is 0 Å². The van der Waals surface area contributed by atoms with Crippen LogP contribution in [-0.4, -0.2) is 55.8 Å². The van der Waals surface area contributed by atoms with E-state index in [0.29, 0.717) is 0 Å². The van der Waals surface area contributed by atoms with Gasteiger partial charge in [0.25, 0.3) is 11.4 Å². The maximum Gasteiger partial charge on any atom is 0.715 e. The SMILES string of the molecule is CN(C)c1cc[n+](CCCCc2ccc(CCCC[n+]3ccc(N(C)C)cc3)c3c2[N+]2=Cc4cc(C(C)(C)C)cc(C(C)(C)C)c4OC24Oc2c(cc(C(C)(C)C)cc2C(C)(C)C)C=[N+]34)cc1. The van der Waals surface area contributed by atoms with Crippen LogP contribution in [0.5, 0.6) is 11.5 Å². The first-order chi connectivity index (χ1) is 31.3. The van der Waals surface area contributed by atoms with E-state index in [2.05, 4.69) is 237 Å². The van der Waals surface area contributed by atoms with Gasteiger partial charge in [0.1, 0.15) is 13.1 Å². The van der Waals surface area contributed by atoms with Gasteiger partial charge in [0, 0.05) is 98.9 Å². The van der Waals surface area contributed by atoms with Crippen LogP contribution in [0.3, 0.4) is 0 Å². The van der Waals surface area contributed by atoms with Gasteiger partial charge in [-0.1, -0.05) is 107 Å². The third kappa shape index (κ3) is 9.52. The molecule has 5 aromatic rings. The van der Waals surface area contributed by atoms with Crippen molar-refractivity contribution in [2.75, 3.05) is 38.0 Å². The molecular weight excluding hydrogens is 825 g/mol. The molecule has 67 heavy (non-hydrogen) atoms. The van der Waals surface area contributed by atoms with Crippen LogP contribution in [0.4, 0.5) is 22.7 Å². The number of rotatable bonds is 12. The Kier molecular flexibility index (Phi) is 12.6. The van der Waals surface area contributed by atoms with Crippen LogP contribution < -0.4 is 28.4 Å². The summed E-state index contributed by atoms with van der Waals surface area (Å²) in [6.07, 6.45) is 19.7. The lowest BCUT2D eigenvalue weighted by atomic mass is 9.78. The van der Waals surface area contributed by atoms with E-state index in [0.717, 1.165) is 74.2 Å². The molecule has 1 spiro atoms. The van der Waals surface area contributed by atoms with Crippen molar-refractivity contribution in [3.63, 3.8) is 0 Å². The van der Waals surface area contributed by atoms with E-state index in [1.165, 1.54) is 56.1 Å². The predicted octanol–water partition coefficient (Wildman–Crippen LogP) is 11.6. The number of nitrogens with zero attached hydrogens (tertiary/aromatic N) is 6. The average molecular weight is 905 g/mol. The van der Waals surface area contributed by atoms with Crippen LogP contribution in [0.1, 0.15) is 153 Å². The first kappa shape index (κ1) is 48.0. The standard InChI is InChI=1S/C59H80N6O2/c1-55(2,3)45-35-43-39-64-51-41(21-17-19-29-62-31-25-47(26-32-62)60(13)14)23-24-42(22-18-20-30-63-33-27-48(28-34-63)61(15)16)52(51)65-40-44-36-46(56(4,5)6)38-50(58(10,11)12)54(44)67-59(64,65)66-53(43)49(37-45)57(7,8)9/h23-28,31-40H,17-22,29-30H2,1-16H3/q+4. The van der Waals surface area contributed by atoms with Crippen LogP contribution in [0.25, 0.3) is 0 Å². The van der Waals surface area contributed by atoms with Crippen molar-refractivity contribution in [1.29, 1.82) is 0 Å². The van der Waals surface area contributed by atoms with Crippen molar-refractivity contribution in [2.45, 2.75) is 162 Å². The van der Waals surface area contributed by atoms with Gasteiger partial charge in [-0.2, -0.15) is 0 Å². The predicted molar refractivity (Wildman–Crippen MR) is 276 cm³/mol. The van der Waals surface area contributed by atoms with E-state index in [-0.39, 0.29) is 21.7 Å². The monoisotopic (exact) mass is 905 g/mol. The lowest BCUT2D eigenvalue weighted by Gasteiger charge is -2.34. The van der Waals surface area contributed by atoms with Crippen LogP contribution >= 0.6 is 0 Å².